The Bertz CT molecular complexity index is 970. The third-order valence-corrected chi connectivity index (χ3v) is 7.44. The van der Waals surface area contributed by atoms with Gasteiger partial charge in [-0.1, -0.05) is 30.3 Å². The fourth-order valence-corrected chi connectivity index (χ4v) is 5.32. The number of benzene rings is 2. The summed E-state index contributed by atoms with van der Waals surface area (Å²) in [5.41, 5.74) is 1.48. The molecular formula is C28H35N3O3. The molecule has 1 heterocycles. The maximum atomic E-state index is 11.4. The predicted molar refractivity (Wildman–Crippen MR) is 132 cm³/mol. The van der Waals surface area contributed by atoms with Crippen molar-refractivity contribution in [3.63, 3.8) is 0 Å². The number of aliphatic hydroxyl groups excluding tert-OH is 1. The number of β-amino-alcohol motifs (C(OH)–C–C–N with tert-alkyl or cyclic N) is 1. The van der Waals surface area contributed by atoms with Gasteiger partial charge in [-0.05, 0) is 62.4 Å². The fraction of sp³-hybridized carbons (Fsp3) is 0.500. The van der Waals surface area contributed by atoms with Crippen molar-refractivity contribution in [3.05, 3.63) is 65.7 Å². The number of rotatable bonds is 8. The molecule has 34 heavy (non-hydrogen) atoms. The van der Waals surface area contributed by atoms with Crippen LogP contribution in [-0.2, 0) is 5.41 Å². The lowest BCUT2D eigenvalue weighted by Gasteiger charge is -2.44. The summed E-state index contributed by atoms with van der Waals surface area (Å²) in [4.78, 5) is 16.2. The SMILES string of the molecule is CC(=O)c1ccc(OCC(O)CN2CCN([C@H]3CC[C@](C#N)(c4ccccc4)CC3)CC2)cc1. The van der Waals surface area contributed by atoms with Crippen molar-refractivity contribution in [3.8, 4) is 11.8 Å². The second-order valence-corrected chi connectivity index (χ2v) is 9.67. The van der Waals surface area contributed by atoms with Crippen LogP contribution in [0.2, 0.25) is 0 Å². The number of hydrogen-bond acceptors (Lipinski definition) is 6. The summed E-state index contributed by atoms with van der Waals surface area (Å²) in [6, 6.07) is 20.5. The summed E-state index contributed by atoms with van der Waals surface area (Å²) in [5.74, 6) is 0.689. The quantitative estimate of drug-likeness (QED) is 0.605. The first-order valence-electron chi connectivity index (χ1n) is 12.3. The molecule has 1 N–H and O–H groups in total. The lowest BCUT2D eigenvalue weighted by atomic mass is 9.69. The highest BCUT2D eigenvalue weighted by Gasteiger charge is 2.39. The Hall–Kier alpha value is -2.72. The van der Waals surface area contributed by atoms with E-state index >= 15 is 0 Å². The molecule has 1 aliphatic heterocycles. The van der Waals surface area contributed by atoms with Gasteiger partial charge in [0, 0.05) is 44.3 Å². The molecule has 1 saturated heterocycles. The van der Waals surface area contributed by atoms with E-state index in [1.54, 1.807) is 24.3 Å². The summed E-state index contributed by atoms with van der Waals surface area (Å²) in [7, 11) is 0. The van der Waals surface area contributed by atoms with Gasteiger partial charge in [-0.15, -0.1) is 0 Å². The van der Waals surface area contributed by atoms with E-state index in [0.717, 1.165) is 57.4 Å². The number of ketones is 1. The van der Waals surface area contributed by atoms with E-state index in [0.29, 0.717) is 23.9 Å². The lowest BCUT2D eigenvalue weighted by molar-refractivity contribution is 0.0286. The zero-order valence-corrected chi connectivity index (χ0v) is 20.0. The topological polar surface area (TPSA) is 76.8 Å². The normalized spacial score (nSPS) is 24.8. The first-order valence-corrected chi connectivity index (χ1v) is 12.3. The zero-order chi connectivity index (χ0) is 24.0. The number of ether oxygens (including phenoxy) is 1. The molecule has 2 aliphatic rings. The number of Topliss-reactive ketones (excluding diaryl/α,β-unsaturated/α-hetero) is 1. The van der Waals surface area contributed by atoms with Crippen LogP contribution in [0.25, 0.3) is 0 Å². The molecule has 1 atom stereocenters. The summed E-state index contributed by atoms with van der Waals surface area (Å²) >= 11 is 0. The molecule has 6 heteroatoms. The lowest BCUT2D eigenvalue weighted by Crippen LogP contribution is -2.53. The third kappa shape index (κ3) is 5.85. The molecular weight excluding hydrogens is 426 g/mol. The van der Waals surface area contributed by atoms with Crippen molar-refractivity contribution in [1.82, 2.24) is 9.80 Å². The number of hydrogen-bond donors (Lipinski definition) is 1. The van der Waals surface area contributed by atoms with Crippen LogP contribution in [0, 0.1) is 11.3 Å². The number of nitrogens with zero attached hydrogens (tertiary/aromatic N) is 3. The van der Waals surface area contributed by atoms with Gasteiger partial charge in [0.1, 0.15) is 18.5 Å². The van der Waals surface area contributed by atoms with Gasteiger partial charge in [-0.25, -0.2) is 0 Å². The standard InChI is InChI=1S/C28H35N3O3/c1-22(32)23-7-9-27(10-8-23)34-20-26(33)19-30-15-17-31(18-16-30)25-11-13-28(21-29,14-12-25)24-5-3-2-4-6-24/h2-10,25-26,33H,11-20H2,1H3/t25-,26?,28-. The molecule has 180 valence electrons. The monoisotopic (exact) mass is 461 g/mol. The van der Waals surface area contributed by atoms with Crippen molar-refractivity contribution in [1.29, 1.82) is 5.26 Å². The van der Waals surface area contributed by atoms with Crippen LogP contribution >= 0.6 is 0 Å². The molecule has 2 aromatic rings. The van der Waals surface area contributed by atoms with Crippen LogP contribution in [0.3, 0.4) is 0 Å². The number of carbonyl (C=O) groups is 1. The average molecular weight is 462 g/mol. The first-order chi connectivity index (χ1) is 16.5. The minimum atomic E-state index is -0.559. The minimum Gasteiger partial charge on any atom is -0.491 e. The van der Waals surface area contributed by atoms with Crippen molar-refractivity contribution in [2.75, 3.05) is 39.3 Å². The zero-order valence-electron chi connectivity index (χ0n) is 20.0. The van der Waals surface area contributed by atoms with Gasteiger partial charge in [0.15, 0.2) is 5.78 Å². The molecule has 0 aromatic heterocycles. The second kappa shape index (κ2) is 11.1. The molecule has 0 radical (unpaired) electrons. The van der Waals surface area contributed by atoms with Gasteiger partial charge < -0.3 is 9.84 Å². The minimum absolute atomic E-state index is 0.0273. The molecule has 6 nitrogen and oxygen atoms in total. The summed E-state index contributed by atoms with van der Waals surface area (Å²) in [6.45, 7) is 6.22. The molecule has 0 amide bonds. The second-order valence-electron chi connectivity index (χ2n) is 9.67. The van der Waals surface area contributed by atoms with E-state index in [1.165, 1.54) is 6.92 Å². The Balaban J connectivity index is 1.19. The first kappa shape index (κ1) is 24.4. The molecule has 4 rings (SSSR count). The van der Waals surface area contributed by atoms with E-state index in [2.05, 4.69) is 28.0 Å². The highest BCUT2D eigenvalue weighted by Crippen LogP contribution is 2.40. The maximum Gasteiger partial charge on any atom is 0.159 e. The maximum absolute atomic E-state index is 11.4. The Kier molecular flexibility index (Phi) is 7.99. The van der Waals surface area contributed by atoms with E-state index in [9.17, 15) is 15.2 Å². The van der Waals surface area contributed by atoms with Gasteiger partial charge in [0.2, 0.25) is 0 Å². The van der Waals surface area contributed by atoms with E-state index in [-0.39, 0.29) is 17.8 Å². The van der Waals surface area contributed by atoms with E-state index in [4.69, 9.17) is 4.74 Å². The summed E-state index contributed by atoms with van der Waals surface area (Å²) < 4.78 is 5.70. The van der Waals surface area contributed by atoms with Gasteiger partial charge in [-0.2, -0.15) is 5.26 Å². The summed E-state index contributed by atoms with van der Waals surface area (Å²) in [5, 5.41) is 20.4. The number of carbonyl (C=O) groups excluding carboxylic acids is 1. The number of piperazine rings is 1. The Morgan fingerprint density at radius 1 is 1.09 bits per heavy atom. The summed E-state index contributed by atoms with van der Waals surface area (Å²) in [6.07, 6.45) is 3.39. The van der Waals surface area contributed by atoms with Crippen LogP contribution in [0.5, 0.6) is 5.75 Å². The van der Waals surface area contributed by atoms with Gasteiger partial charge in [0.05, 0.1) is 11.5 Å². The van der Waals surface area contributed by atoms with Gasteiger partial charge in [0.25, 0.3) is 0 Å². The Morgan fingerprint density at radius 2 is 1.74 bits per heavy atom. The van der Waals surface area contributed by atoms with Crippen molar-refractivity contribution >= 4 is 5.78 Å². The van der Waals surface area contributed by atoms with Crippen LogP contribution < -0.4 is 4.74 Å². The number of aliphatic hydroxyl groups is 1. The van der Waals surface area contributed by atoms with Gasteiger partial charge >= 0.3 is 0 Å². The molecule has 2 aromatic carbocycles. The molecule has 1 unspecified atom stereocenters. The van der Waals surface area contributed by atoms with Crippen molar-refractivity contribution in [2.45, 2.75) is 50.2 Å². The molecule has 1 aliphatic carbocycles. The largest absolute Gasteiger partial charge is 0.491 e. The van der Waals surface area contributed by atoms with Crippen LogP contribution in [0.4, 0.5) is 0 Å². The predicted octanol–water partition coefficient (Wildman–Crippen LogP) is 3.65. The van der Waals surface area contributed by atoms with E-state index < -0.39 is 6.10 Å². The molecule has 2 fully saturated rings. The average Bonchev–Trinajstić information content (AvgIpc) is 2.89. The van der Waals surface area contributed by atoms with Crippen molar-refractivity contribution in [2.24, 2.45) is 0 Å². The fourth-order valence-electron chi connectivity index (χ4n) is 5.32. The Labute approximate surface area is 202 Å². The van der Waals surface area contributed by atoms with E-state index in [1.807, 2.05) is 18.2 Å². The number of nitriles is 1. The molecule has 1 saturated carbocycles. The van der Waals surface area contributed by atoms with Crippen molar-refractivity contribution < 1.29 is 14.6 Å². The van der Waals surface area contributed by atoms with Crippen LogP contribution in [0.15, 0.2) is 54.6 Å². The van der Waals surface area contributed by atoms with Gasteiger partial charge in [-0.3, -0.25) is 14.6 Å². The highest BCUT2D eigenvalue weighted by atomic mass is 16.5. The van der Waals surface area contributed by atoms with Crippen LogP contribution in [0.1, 0.15) is 48.5 Å². The smallest absolute Gasteiger partial charge is 0.159 e. The highest BCUT2D eigenvalue weighted by molar-refractivity contribution is 5.94. The molecule has 0 spiro atoms. The van der Waals surface area contributed by atoms with Crippen LogP contribution in [-0.4, -0.2) is 72.2 Å². The molecule has 0 bridgehead atoms. The third-order valence-electron chi connectivity index (χ3n) is 7.44. The Morgan fingerprint density at radius 3 is 2.32 bits per heavy atom.